The van der Waals surface area contributed by atoms with Crippen LogP contribution in [0.3, 0.4) is 0 Å². The minimum Gasteiger partial charge on any atom is -0.385 e. The van der Waals surface area contributed by atoms with E-state index in [2.05, 4.69) is 10.6 Å². The summed E-state index contributed by atoms with van der Waals surface area (Å²) in [7, 11) is 0. The van der Waals surface area contributed by atoms with Crippen molar-refractivity contribution < 1.29 is 4.79 Å². The minimum absolute atomic E-state index is 0.0543. The van der Waals surface area contributed by atoms with Crippen LogP contribution in [0.25, 0.3) is 0 Å². The Morgan fingerprint density at radius 3 is 2.67 bits per heavy atom. The summed E-state index contributed by atoms with van der Waals surface area (Å²) in [5, 5.41) is 6.30. The van der Waals surface area contributed by atoms with Crippen LogP contribution in [0.1, 0.15) is 19.8 Å². The second-order valence-electron chi connectivity index (χ2n) is 4.59. The molecule has 0 aliphatic carbocycles. The first-order valence-corrected chi connectivity index (χ1v) is 7.65. The van der Waals surface area contributed by atoms with Crippen LogP contribution >= 0.6 is 11.8 Å². The molecule has 0 radical (unpaired) electrons. The quantitative estimate of drug-likeness (QED) is 0.858. The van der Waals surface area contributed by atoms with E-state index >= 15 is 0 Å². The van der Waals surface area contributed by atoms with Gasteiger partial charge in [0.05, 0.1) is 0 Å². The molecular weight excluding hydrogens is 244 g/mol. The van der Waals surface area contributed by atoms with E-state index in [-0.39, 0.29) is 5.91 Å². The fourth-order valence-corrected chi connectivity index (χ4v) is 3.21. The normalized spacial score (nSPS) is 18.6. The van der Waals surface area contributed by atoms with E-state index in [1.165, 1.54) is 17.9 Å². The number of amides is 1. The van der Waals surface area contributed by atoms with E-state index in [0.717, 1.165) is 23.8 Å². The van der Waals surface area contributed by atoms with Crippen LogP contribution in [0, 0.1) is 5.92 Å². The van der Waals surface area contributed by atoms with Crippen molar-refractivity contribution in [1.82, 2.24) is 0 Å². The van der Waals surface area contributed by atoms with Crippen molar-refractivity contribution in [1.29, 1.82) is 0 Å². The molecule has 1 saturated heterocycles. The molecule has 0 aromatic heterocycles. The maximum atomic E-state index is 11.2. The molecule has 1 aliphatic rings. The molecule has 3 nitrogen and oxygen atoms in total. The van der Waals surface area contributed by atoms with Crippen LogP contribution in [0.5, 0.6) is 0 Å². The van der Waals surface area contributed by atoms with E-state index in [1.807, 2.05) is 43.0 Å². The SMILES string of the molecule is CCC(=O)Nc1ccc(NCC2CCSC2)cc1. The van der Waals surface area contributed by atoms with Crippen LogP contribution in [-0.4, -0.2) is 24.0 Å². The molecule has 1 aliphatic heterocycles. The number of rotatable bonds is 5. The average molecular weight is 264 g/mol. The molecule has 1 amide bonds. The molecule has 18 heavy (non-hydrogen) atoms. The monoisotopic (exact) mass is 264 g/mol. The fourth-order valence-electron chi connectivity index (χ4n) is 1.93. The molecule has 1 heterocycles. The van der Waals surface area contributed by atoms with Crippen LogP contribution in [0.4, 0.5) is 11.4 Å². The predicted molar refractivity (Wildman–Crippen MR) is 79.3 cm³/mol. The largest absolute Gasteiger partial charge is 0.385 e. The lowest BCUT2D eigenvalue weighted by Gasteiger charge is -2.11. The minimum atomic E-state index is 0.0543. The number of anilines is 2. The van der Waals surface area contributed by atoms with Gasteiger partial charge >= 0.3 is 0 Å². The molecule has 0 spiro atoms. The van der Waals surface area contributed by atoms with Gasteiger partial charge in [0, 0.05) is 24.3 Å². The number of hydrogen-bond acceptors (Lipinski definition) is 3. The maximum Gasteiger partial charge on any atom is 0.224 e. The van der Waals surface area contributed by atoms with E-state index in [4.69, 9.17) is 0 Å². The predicted octanol–water partition coefficient (Wildman–Crippen LogP) is 3.20. The van der Waals surface area contributed by atoms with Gasteiger partial charge in [-0.3, -0.25) is 4.79 Å². The molecule has 2 N–H and O–H groups in total. The molecule has 1 aromatic carbocycles. The highest BCUT2D eigenvalue weighted by molar-refractivity contribution is 7.99. The highest BCUT2D eigenvalue weighted by Gasteiger charge is 2.14. The number of carbonyl (C=O) groups excluding carboxylic acids is 1. The van der Waals surface area contributed by atoms with Gasteiger partial charge in [0.1, 0.15) is 0 Å². The molecule has 4 heteroatoms. The third-order valence-electron chi connectivity index (χ3n) is 3.11. The van der Waals surface area contributed by atoms with Gasteiger partial charge in [-0.25, -0.2) is 0 Å². The molecule has 1 atom stereocenters. The summed E-state index contributed by atoms with van der Waals surface area (Å²) in [5.74, 6) is 3.43. The molecule has 0 bridgehead atoms. The molecule has 1 aromatic rings. The van der Waals surface area contributed by atoms with Gasteiger partial charge < -0.3 is 10.6 Å². The molecule has 98 valence electrons. The fraction of sp³-hybridized carbons (Fsp3) is 0.500. The topological polar surface area (TPSA) is 41.1 Å². The van der Waals surface area contributed by atoms with Gasteiger partial charge in [-0.1, -0.05) is 6.92 Å². The Morgan fingerprint density at radius 2 is 2.06 bits per heavy atom. The summed E-state index contributed by atoms with van der Waals surface area (Å²) in [6.45, 7) is 2.90. The molecule has 2 rings (SSSR count). The van der Waals surface area contributed by atoms with Gasteiger partial charge in [0.25, 0.3) is 0 Å². The third-order valence-corrected chi connectivity index (χ3v) is 4.34. The van der Waals surface area contributed by atoms with E-state index < -0.39 is 0 Å². The summed E-state index contributed by atoms with van der Waals surface area (Å²) in [4.78, 5) is 11.2. The smallest absolute Gasteiger partial charge is 0.224 e. The van der Waals surface area contributed by atoms with Crippen molar-refractivity contribution in [2.45, 2.75) is 19.8 Å². The summed E-state index contributed by atoms with van der Waals surface area (Å²) >= 11 is 2.04. The molecule has 0 saturated carbocycles. The number of nitrogens with one attached hydrogen (secondary N) is 2. The van der Waals surface area contributed by atoms with Crippen molar-refractivity contribution >= 4 is 29.0 Å². The Kier molecular flexibility index (Phi) is 4.93. The van der Waals surface area contributed by atoms with Crippen molar-refractivity contribution in [2.24, 2.45) is 5.92 Å². The van der Waals surface area contributed by atoms with Crippen LogP contribution in [-0.2, 0) is 4.79 Å². The summed E-state index contributed by atoms with van der Waals surface area (Å²) in [6.07, 6.45) is 1.83. The van der Waals surface area contributed by atoms with Crippen molar-refractivity contribution in [3.8, 4) is 0 Å². The number of thioether (sulfide) groups is 1. The third kappa shape index (κ3) is 3.95. The van der Waals surface area contributed by atoms with Crippen molar-refractivity contribution in [2.75, 3.05) is 28.7 Å². The first kappa shape index (κ1) is 13.3. The zero-order valence-electron chi connectivity index (χ0n) is 10.7. The Morgan fingerprint density at radius 1 is 1.33 bits per heavy atom. The highest BCUT2D eigenvalue weighted by Crippen LogP contribution is 2.24. The zero-order chi connectivity index (χ0) is 12.8. The lowest BCUT2D eigenvalue weighted by Crippen LogP contribution is -2.13. The zero-order valence-corrected chi connectivity index (χ0v) is 11.6. The maximum absolute atomic E-state index is 11.2. The summed E-state index contributed by atoms with van der Waals surface area (Å²) in [5.41, 5.74) is 1.99. The average Bonchev–Trinajstić information content (AvgIpc) is 2.91. The Balaban J connectivity index is 1.81. The number of hydrogen-bond donors (Lipinski definition) is 2. The number of carbonyl (C=O) groups is 1. The summed E-state index contributed by atoms with van der Waals surface area (Å²) in [6, 6.07) is 7.93. The van der Waals surface area contributed by atoms with Gasteiger partial charge in [-0.15, -0.1) is 0 Å². The van der Waals surface area contributed by atoms with Gasteiger partial charge in [0.15, 0.2) is 0 Å². The van der Waals surface area contributed by atoms with Crippen LogP contribution in [0.15, 0.2) is 24.3 Å². The highest BCUT2D eigenvalue weighted by atomic mass is 32.2. The van der Waals surface area contributed by atoms with Gasteiger partial charge in [0.2, 0.25) is 5.91 Å². The second-order valence-corrected chi connectivity index (χ2v) is 5.74. The first-order chi connectivity index (χ1) is 8.78. The molecular formula is C14H20N2OS. The first-order valence-electron chi connectivity index (χ1n) is 6.49. The lowest BCUT2D eigenvalue weighted by atomic mass is 10.1. The van der Waals surface area contributed by atoms with Crippen LogP contribution in [0.2, 0.25) is 0 Å². The number of benzene rings is 1. The standard InChI is InChI=1S/C14H20N2OS/c1-2-14(17)16-13-5-3-12(4-6-13)15-9-11-7-8-18-10-11/h3-6,11,15H,2,7-10H2,1H3,(H,16,17). The van der Waals surface area contributed by atoms with E-state index in [9.17, 15) is 4.79 Å². The Labute approximate surface area is 113 Å². The van der Waals surface area contributed by atoms with E-state index in [1.54, 1.807) is 0 Å². The summed E-state index contributed by atoms with van der Waals surface area (Å²) < 4.78 is 0. The Bertz CT molecular complexity index is 385. The van der Waals surface area contributed by atoms with Gasteiger partial charge in [-0.2, -0.15) is 11.8 Å². The molecule has 1 unspecified atom stereocenters. The lowest BCUT2D eigenvalue weighted by molar-refractivity contribution is -0.115. The van der Waals surface area contributed by atoms with Crippen molar-refractivity contribution in [3.63, 3.8) is 0 Å². The van der Waals surface area contributed by atoms with Crippen LogP contribution < -0.4 is 10.6 Å². The second kappa shape index (κ2) is 6.69. The van der Waals surface area contributed by atoms with Gasteiger partial charge in [-0.05, 0) is 48.1 Å². The molecule has 1 fully saturated rings. The van der Waals surface area contributed by atoms with Crippen molar-refractivity contribution in [3.05, 3.63) is 24.3 Å². The van der Waals surface area contributed by atoms with E-state index in [0.29, 0.717) is 6.42 Å². The Hall–Kier alpha value is -1.16.